The van der Waals surface area contributed by atoms with Crippen LogP contribution in [0.2, 0.25) is 0 Å². The van der Waals surface area contributed by atoms with Crippen molar-refractivity contribution in [2.24, 2.45) is 7.05 Å². The highest BCUT2D eigenvalue weighted by atomic mass is 16.1. The highest BCUT2D eigenvalue weighted by molar-refractivity contribution is 6.09. The third-order valence-electron chi connectivity index (χ3n) is 5.30. The normalized spacial score (nSPS) is 15.5. The van der Waals surface area contributed by atoms with E-state index in [4.69, 9.17) is 0 Å². The molecule has 2 aromatic carbocycles. The number of benzene rings is 2. The molecule has 1 aliphatic heterocycles. The van der Waals surface area contributed by atoms with Crippen LogP contribution in [0.25, 0.3) is 10.9 Å². The maximum atomic E-state index is 12.9. The molecule has 0 radical (unpaired) electrons. The molecule has 26 heavy (non-hydrogen) atoms. The fraction of sp³-hybridized carbons (Fsp3) is 0.318. The lowest BCUT2D eigenvalue weighted by molar-refractivity contribution is 0.0928. The number of piperazine rings is 1. The molecule has 0 bridgehead atoms. The summed E-state index contributed by atoms with van der Waals surface area (Å²) in [4.78, 5) is 17.6. The van der Waals surface area contributed by atoms with Gasteiger partial charge >= 0.3 is 0 Å². The van der Waals surface area contributed by atoms with Crippen molar-refractivity contribution in [1.82, 2.24) is 9.47 Å². The number of hydrogen-bond donors (Lipinski definition) is 0. The molecule has 0 aliphatic carbocycles. The quantitative estimate of drug-likeness (QED) is 0.677. The maximum Gasteiger partial charge on any atom is 0.178 e. The summed E-state index contributed by atoms with van der Waals surface area (Å²) in [7, 11) is 2.00. The van der Waals surface area contributed by atoms with Crippen LogP contribution in [0.15, 0.2) is 54.7 Å². The lowest BCUT2D eigenvalue weighted by Gasteiger charge is -2.35. The third-order valence-corrected chi connectivity index (χ3v) is 5.30. The summed E-state index contributed by atoms with van der Waals surface area (Å²) in [5.74, 6) is 0.214. The van der Waals surface area contributed by atoms with Crippen LogP contribution in [0, 0.1) is 6.92 Å². The van der Waals surface area contributed by atoms with E-state index in [-0.39, 0.29) is 5.78 Å². The van der Waals surface area contributed by atoms with Crippen LogP contribution >= 0.6 is 0 Å². The van der Waals surface area contributed by atoms with Gasteiger partial charge in [-0.2, -0.15) is 0 Å². The van der Waals surface area contributed by atoms with Crippen molar-refractivity contribution < 1.29 is 4.79 Å². The Kier molecular flexibility index (Phi) is 4.51. The van der Waals surface area contributed by atoms with Gasteiger partial charge in [0.15, 0.2) is 5.78 Å². The zero-order valence-corrected chi connectivity index (χ0v) is 15.5. The van der Waals surface area contributed by atoms with Gasteiger partial charge in [-0.3, -0.25) is 9.69 Å². The van der Waals surface area contributed by atoms with Crippen LogP contribution in [-0.2, 0) is 7.05 Å². The van der Waals surface area contributed by atoms with Crippen molar-refractivity contribution in [1.29, 1.82) is 0 Å². The number of ketones is 1. The minimum atomic E-state index is 0.214. The molecule has 4 nitrogen and oxygen atoms in total. The summed E-state index contributed by atoms with van der Waals surface area (Å²) in [6.07, 6.45) is 1.97. The van der Waals surface area contributed by atoms with Crippen molar-refractivity contribution >= 4 is 22.4 Å². The fourth-order valence-electron chi connectivity index (χ4n) is 3.84. The average molecular weight is 347 g/mol. The molecule has 0 atom stereocenters. The fourth-order valence-corrected chi connectivity index (χ4v) is 3.84. The van der Waals surface area contributed by atoms with E-state index in [2.05, 4.69) is 47.1 Å². The van der Waals surface area contributed by atoms with Crippen LogP contribution in [0.5, 0.6) is 0 Å². The van der Waals surface area contributed by atoms with E-state index in [1.807, 2.05) is 36.0 Å². The van der Waals surface area contributed by atoms with E-state index in [0.29, 0.717) is 6.54 Å². The van der Waals surface area contributed by atoms with Gasteiger partial charge < -0.3 is 9.47 Å². The van der Waals surface area contributed by atoms with Crippen molar-refractivity contribution in [2.75, 3.05) is 37.6 Å². The second-order valence-electron chi connectivity index (χ2n) is 7.20. The Bertz CT molecular complexity index is 935. The molecule has 0 amide bonds. The largest absolute Gasteiger partial charge is 0.369 e. The first kappa shape index (κ1) is 16.9. The molecular weight excluding hydrogens is 322 g/mol. The molecule has 1 saturated heterocycles. The molecule has 3 aromatic rings. The Morgan fingerprint density at radius 2 is 1.77 bits per heavy atom. The Morgan fingerprint density at radius 3 is 2.54 bits per heavy atom. The number of hydrogen-bond acceptors (Lipinski definition) is 3. The summed E-state index contributed by atoms with van der Waals surface area (Å²) in [5.41, 5.74) is 4.52. The molecule has 4 heteroatoms. The van der Waals surface area contributed by atoms with Crippen molar-refractivity contribution in [3.8, 4) is 0 Å². The Labute approximate surface area is 154 Å². The Hall–Kier alpha value is -2.59. The van der Waals surface area contributed by atoms with E-state index in [1.54, 1.807) is 0 Å². The summed E-state index contributed by atoms with van der Waals surface area (Å²) < 4.78 is 2.04. The Morgan fingerprint density at radius 1 is 1.00 bits per heavy atom. The molecule has 0 saturated carbocycles. The highest BCUT2D eigenvalue weighted by Gasteiger charge is 2.21. The lowest BCUT2D eigenvalue weighted by atomic mass is 10.1. The minimum absolute atomic E-state index is 0.214. The zero-order valence-electron chi connectivity index (χ0n) is 15.5. The van der Waals surface area contributed by atoms with E-state index in [1.165, 1.54) is 11.3 Å². The van der Waals surface area contributed by atoms with E-state index < -0.39 is 0 Å². The molecule has 134 valence electrons. The van der Waals surface area contributed by atoms with Crippen molar-refractivity contribution in [3.63, 3.8) is 0 Å². The van der Waals surface area contributed by atoms with Gasteiger partial charge in [-0.1, -0.05) is 30.3 Å². The van der Waals surface area contributed by atoms with Crippen molar-refractivity contribution in [2.45, 2.75) is 6.92 Å². The van der Waals surface area contributed by atoms with Crippen molar-refractivity contribution in [3.05, 3.63) is 65.9 Å². The monoisotopic (exact) mass is 347 g/mol. The number of aromatic nitrogens is 1. The van der Waals surface area contributed by atoms with Crippen LogP contribution in [0.4, 0.5) is 5.69 Å². The molecule has 0 spiro atoms. The van der Waals surface area contributed by atoms with Gasteiger partial charge in [0.05, 0.1) is 6.54 Å². The summed E-state index contributed by atoms with van der Waals surface area (Å²) in [6.45, 7) is 6.39. The number of rotatable bonds is 4. The summed E-state index contributed by atoms with van der Waals surface area (Å²) in [6, 6.07) is 16.8. The summed E-state index contributed by atoms with van der Waals surface area (Å²) >= 11 is 0. The SMILES string of the molecule is Cc1cccc(N2CCN(CC(=O)c3cn(C)c4ccccc34)CC2)c1. The highest BCUT2D eigenvalue weighted by Crippen LogP contribution is 2.22. The standard InChI is InChI=1S/C22H25N3O/c1-17-6-5-7-18(14-17)25-12-10-24(11-13-25)16-22(26)20-15-23(2)21-9-4-3-8-19(20)21/h3-9,14-15H,10-13,16H2,1-2H3. The van der Waals surface area contributed by atoms with Crippen LogP contribution in [0.1, 0.15) is 15.9 Å². The molecule has 1 aliphatic rings. The minimum Gasteiger partial charge on any atom is -0.369 e. The number of anilines is 1. The van der Waals surface area contributed by atoms with Crippen LogP contribution in [-0.4, -0.2) is 48.0 Å². The lowest BCUT2D eigenvalue weighted by Crippen LogP contribution is -2.48. The first-order valence-electron chi connectivity index (χ1n) is 9.23. The van der Waals surface area contributed by atoms with E-state index in [0.717, 1.165) is 42.6 Å². The number of aryl methyl sites for hydroxylation is 2. The molecular formula is C22H25N3O. The topological polar surface area (TPSA) is 28.5 Å². The van der Waals surface area contributed by atoms with E-state index in [9.17, 15) is 4.79 Å². The van der Waals surface area contributed by atoms with Gasteiger partial charge in [-0.05, 0) is 30.7 Å². The number of fused-ring (bicyclic) bond motifs is 1. The van der Waals surface area contributed by atoms with Gasteiger partial charge in [0.1, 0.15) is 0 Å². The Balaban J connectivity index is 1.42. The van der Waals surface area contributed by atoms with Crippen LogP contribution in [0.3, 0.4) is 0 Å². The van der Waals surface area contributed by atoms with Gasteiger partial charge in [0.2, 0.25) is 0 Å². The molecule has 4 rings (SSSR count). The number of Topliss-reactive ketones (excluding diaryl/α,β-unsaturated/α-hetero) is 1. The molecule has 0 N–H and O–H groups in total. The second-order valence-corrected chi connectivity index (χ2v) is 7.20. The van der Waals surface area contributed by atoms with Gasteiger partial charge in [-0.25, -0.2) is 0 Å². The second kappa shape index (κ2) is 6.96. The number of nitrogens with zero attached hydrogens (tertiary/aromatic N) is 3. The van der Waals surface area contributed by atoms with Gasteiger partial charge in [0.25, 0.3) is 0 Å². The van der Waals surface area contributed by atoms with Gasteiger partial charge in [-0.15, -0.1) is 0 Å². The van der Waals surface area contributed by atoms with Gasteiger partial charge in [0, 0.05) is 61.6 Å². The van der Waals surface area contributed by atoms with E-state index >= 15 is 0 Å². The average Bonchev–Trinajstić information content (AvgIpc) is 3.00. The molecule has 1 fully saturated rings. The zero-order chi connectivity index (χ0) is 18.1. The predicted molar refractivity (Wildman–Crippen MR) is 107 cm³/mol. The number of para-hydroxylation sites is 1. The predicted octanol–water partition coefficient (Wildman–Crippen LogP) is 3.49. The molecule has 1 aromatic heterocycles. The third kappa shape index (κ3) is 3.25. The number of carbonyl (C=O) groups is 1. The molecule has 0 unspecified atom stereocenters. The smallest absolute Gasteiger partial charge is 0.178 e. The first-order chi connectivity index (χ1) is 12.6. The maximum absolute atomic E-state index is 12.9. The first-order valence-corrected chi connectivity index (χ1v) is 9.23. The number of carbonyl (C=O) groups excluding carboxylic acids is 1. The van der Waals surface area contributed by atoms with Crippen LogP contribution < -0.4 is 4.90 Å². The molecule has 2 heterocycles. The summed E-state index contributed by atoms with van der Waals surface area (Å²) in [5, 5.41) is 1.05.